The van der Waals surface area contributed by atoms with E-state index in [2.05, 4.69) is 10.3 Å². The van der Waals surface area contributed by atoms with Gasteiger partial charge < -0.3 is 14.2 Å². The monoisotopic (exact) mass is 460 g/mol. The molecular weight excluding hydrogens is 440 g/mol. The van der Waals surface area contributed by atoms with Crippen molar-refractivity contribution < 1.29 is 26.9 Å². The Kier molecular flexibility index (Phi) is 6.81. The van der Waals surface area contributed by atoms with Crippen molar-refractivity contribution in [2.45, 2.75) is 25.7 Å². The molecule has 31 heavy (non-hydrogen) atoms. The molecule has 0 saturated carbocycles. The number of amides is 2. The lowest BCUT2D eigenvalue weighted by Crippen LogP contribution is -2.23. The highest BCUT2D eigenvalue weighted by Gasteiger charge is 2.23. The quantitative estimate of drug-likeness (QED) is 0.520. The first-order valence-corrected chi connectivity index (χ1v) is 11.5. The lowest BCUT2D eigenvalue weighted by molar-refractivity contribution is -0.117. The molecule has 1 aliphatic heterocycles. The van der Waals surface area contributed by atoms with Crippen LogP contribution in [0.1, 0.15) is 25.0 Å². The summed E-state index contributed by atoms with van der Waals surface area (Å²) < 4.78 is 36.1. The van der Waals surface area contributed by atoms with Crippen molar-refractivity contribution >= 4 is 44.9 Å². The van der Waals surface area contributed by atoms with Gasteiger partial charge in [0.05, 0.1) is 11.5 Å². The number of amidine groups is 1. The van der Waals surface area contributed by atoms with E-state index in [-0.39, 0.29) is 34.1 Å². The number of aryl methyl sites for hydroxylation is 1. The van der Waals surface area contributed by atoms with Gasteiger partial charge in [0.25, 0.3) is 5.91 Å². The predicted molar refractivity (Wildman–Crippen MR) is 118 cm³/mol. The number of thioether (sulfide) groups is 1. The van der Waals surface area contributed by atoms with E-state index in [1.54, 1.807) is 37.3 Å². The molecule has 162 valence electrons. The highest BCUT2D eigenvalue weighted by atomic mass is 32.2. The van der Waals surface area contributed by atoms with Crippen LogP contribution in [0.5, 0.6) is 11.5 Å². The largest absolute Gasteiger partial charge is 0.490 e. The van der Waals surface area contributed by atoms with E-state index >= 15 is 0 Å². The zero-order chi connectivity index (χ0) is 22.6. The van der Waals surface area contributed by atoms with Crippen LogP contribution in [0.15, 0.2) is 57.3 Å². The van der Waals surface area contributed by atoms with Crippen LogP contribution in [0.4, 0.5) is 0 Å². The number of hydrogen-bond acceptors (Lipinski definition) is 7. The fraction of sp³-hybridized carbons (Fsp3) is 0.190. The molecule has 0 radical (unpaired) electrons. The molecule has 2 aromatic carbocycles. The number of aliphatic imine (C=N–C) groups is 1. The normalized spacial score (nSPS) is 15.0. The summed E-state index contributed by atoms with van der Waals surface area (Å²) in [5.74, 6) is -0.555. The Hall–Kier alpha value is -3.11. The van der Waals surface area contributed by atoms with E-state index in [1.165, 1.54) is 25.1 Å². The average Bonchev–Trinajstić information content (AvgIpc) is 3.02. The summed E-state index contributed by atoms with van der Waals surface area (Å²) in [6.07, 6.45) is 1.58. The maximum absolute atomic E-state index is 12.6. The van der Waals surface area contributed by atoms with Crippen molar-refractivity contribution in [3.05, 3.63) is 58.5 Å². The van der Waals surface area contributed by atoms with E-state index < -0.39 is 16.0 Å². The Balaban J connectivity index is 1.86. The Bertz CT molecular complexity index is 1180. The highest BCUT2D eigenvalue weighted by molar-refractivity contribution is 8.18. The van der Waals surface area contributed by atoms with Gasteiger partial charge in [-0.05, 0) is 61.5 Å². The molecule has 0 unspecified atom stereocenters. The molecule has 2 amide bonds. The summed E-state index contributed by atoms with van der Waals surface area (Å²) in [5, 5.41) is 2.68. The van der Waals surface area contributed by atoms with Gasteiger partial charge in [-0.25, -0.2) is 0 Å². The van der Waals surface area contributed by atoms with E-state index in [0.717, 1.165) is 17.3 Å². The molecule has 0 saturated heterocycles. The van der Waals surface area contributed by atoms with Gasteiger partial charge in [-0.1, -0.05) is 23.8 Å². The second-order valence-electron chi connectivity index (χ2n) is 6.50. The zero-order valence-corrected chi connectivity index (χ0v) is 18.7. The zero-order valence-electron chi connectivity index (χ0n) is 17.0. The van der Waals surface area contributed by atoms with Crippen LogP contribution in [0, 0.1) is 6.92 Å². The predicted octanol–water partition coefficient (Wildman–Crippen LogP) is 3.27. The van der Waals surface area contributed by atoms with Crippen molar-refractivity contribution in [1.29, 1.82) is 0 Å². The minimum atomic E-state index is -4.05. The Morgan fingerprint density at radius 3 is 2.52 bits per heavy atom. The van der Waals surface area contributed by atoms with Crippen LogP contribution in [0.25, 0.3) is 6.08 Å². The number of nitrogens with zero attached hydrogens (tertiary/aromatic N) is 1. The third-order valence-electron chi connectivity index (χ3n) is 3.98. The van der Waals surface area contributed by atoms with E-state index in [1.807, 2.05) is 6.92 Å². The van der Waals surface area contributed by atoms with Gasteiger partial charge >= 0.3 is 10.1 Å². The second-order valence-corrected chi connectivity index (χ2v) is 9.08. The fourth-order valence-electron chi connectivity index (χ4n) is 2.59. The third-order valence-corrected chi connectivity index (χ3v) is 6.13. The molecule has 0 bridgehead atoms. The van der Waals surface area contributed by atoms with Crippen LogP contribution in [-0.4, -0.2) is 32.0 Å². The Morgan fingerprint density at radius 1 is 1.16 bits per heavy atom. The average molecular weight is 461 g/mol. The van der Waals surface area contributed by atoms with Gasteiger partial charge in [0.15, 0.2) is 16.7 Å². The molecule has 0 aromatic heterocycles. The lowest BCUT2D eigenvalue weighted by Gasteiger charge is -2.13. The van der Waals surface area contributed by atoms with Gasteiger partial charge in [0.2, 0.25) is 5.91 Å². The smallest absolute Gasteiger partial charge is 0.339 e. The molecule has 1 heterocycles. The van der Waals surface area contributed by atoms with Crippen molar-refractivity contribution in [3.8, 4) is 11.5 Å². The van der Waals surface area contributed by atoms with Crippen molar-refractivity contribution in [2.75, 3.05) is 6.61 Å². The van der Waals surface area contributed by atoms with E-state index in [4.69, 9.17) is 8.92 Å². The number of nitrogens with one attached hydrogen (secondary N) is 1. The summed E-state index contributed by atoms with van der Waals surface area (Å²) in [5.41, 5.74) is 1.51. The van der Waals surface area contributed by atoms with Crippen LogP contribution >= 0.6 is 11.8 Å². The molecular formula is C21H20N2O6S2. The third kappa shape index (κ3) is 5.74. The molecule has 2 aromatic rings. The summed E-state index contributed by atoms with van der Waals surface area (Å²) in [4.78, 5) is 27.3. The molecule has 0 aliphatic carbocycles. The molecule has 0 atom stereocenters. The Labute approximate surface area is 184 Å². The van der Waals surface area contributed by atoms with Gasteiger partial charge in [0.1, 0.15) is 4.90 Å². The standard InChI is InChI=1S/C21H20N2O6S2/c1-4-28-18-11-15(12-19-20(25)23-21(30-19)22-14(3)24)7-10-17(18)29-31(26,27)16-8-5-13(2)6-9-16/h5-12H,4H2,1-3H3,(H,22,23,24,25)/b19-12-. The van der Waals surface area contributed by atoms with Crippen LogP contribution in [0.3, 0.4) is 0 Å². The van der Waals surface area contributed by atoms with Crippen molar-refractivity contribution in [3.63, 3.8) is 0 Å². The van der Waals surface area contributed by atoms with Crippen molar-refractivity contribution in [1.82, 2.24) is 5.32 Å². The van der Waals surface area contributed by atoms with Gasteiger partial charge in [-0.3, -0.25) is 9.59 Å². The second kappa shape index (κ2) is 9.36. The van der Waals surface area contributed by atoms with Gasteiger partial charge in [0, 0.05) is 6.92 Å². The number of benzene rings is 2. The first-order valence-electron chi connectivity index (χ1n) is 9.26. The molecule has 8 nitrogen and oxygen atoms in total. The number of carbonyl (C=O) groups excluding carboxylic acids is 2. The molecule has 0 fully saturated rings. The minimum absolute atomic E-state index is 0.0299. The molecule has 0 spiro atoms. The van der Waals surface area contributed by atoms with Gasteiger partial charge in [-0.2, -0.15) is 13.4 Å². The summed E-state index contributed by atoms with van der Waals surface area (Å²) in [6, 6.07) is 10.9. The van der Waals surface area contributed by atoms with Crippen LogP contribution in [-0.2, 0) is 19.7 Å². The van der Waals surface area contributed by atoms with Crippen molar-refractivity contribution in [2.24, 2.45) is 4.99 Å². The fourth-order valence-corrected chi connectivity index (χ4v) is 4.39. The number of rotatable bonds is 6. The maximum atomic E-state index is 12.6. The number of carbonyl (C=O) groups is 2. The Morgan fingerprint density at radius 2 is 1.87 bits per heavy atom. The first-order chi connectivity index (χ1) is 14.7. The van der Waals surface area contributed by atoms with E-state index in [9.17, 15) is 18.0 Å². The summed E-state index contributed by atoms with van der Waals surface area (Å²) in [7, 11) is -4.05. The van der Waals surface area contributed by atoms with E-state index in [0.29, 0.717) is 10.5 Å². The van der Waals surface area contributed by atoms with Crippen LogP contribution in [0.2, 0.25) is 0 Å². The summed E-state index contributed by atoms with van der Waals surface area (Å²) in [6.45, 7) is 5.22. The first kappa shape index (κ1) is 22.6. The lowest BCUT2D eigenvalue weighted by atomic mass is 10.2. The molecule has 1 aliphatic rings. The summed E-state index contributed by atoms with van der Waals surface area (Å²) >= 11 is 1.04. The number of hydrogen-bond donors (Lipinski definition) is 1. The SMILES string of the molecule is CCOc1cc(/C=C2\SC(NC(C)=O)=NC2=O)ccc1OS(=O)(=O)c1ccc(C)cc1. The highest BCUT2D eigenvalue weighted by Crippen LogP contribution is 2.34. The minimum Gasteiger partial charge on any atom is -0.490 e. The maximum Gasteiger partial charge on any atom is 0.339 e. The molecule has 10 heteroatoms. The molecule has 1 N–H and O–H groups in total. The van der Waals surface area contributed by atoms with Gasteiger partial charge in [-0.15, -0.1) is 0 Å². The molecule has 3 rings (SSSR count). The topological polar surface area (TPSA) is 111 Å². The number of ether oxygens (including phenoxy) is 1. The van der Waals surface area contributed by atoms with Crippen LogP contribution < -0.4 is 14.2 Å².